The van der Waals surface area contributed by atoms with E-state index < -0.39 is 0 Å². The number of anilines is 1. The maximum absolute atomic E-state index is 5.01. The largest absolute Gasteiger partial charge is 0.367 e. The van der Waals surface area contributed by atoms with Crippen LogP contribution in [0.3, 0.4) is 0 Å². The lowest BCUT2D eigenvalue weighted by Gasteiger charge is -2.36. The Balaban J connectivity index is 1.35. The average molecular weight is 414 g/mol. The van der Waals surface area contributed by atoms with Crippen LogP contribution < -0.4 is 4.90 Å². The Morgan fingerprint density at radius 1 is 0.935 bits per heavy atom. The zero-order valence-electron chi connectivity index (χ0n) is 18.7. The molecular weight excluding hydrogens is 382 g/mol. The molecule has 31 heavy (non-hydrogen) atoms. The quantitative estimate of drug-likeness (QED) is 0.485. The molecule has 1 fully saturated rings. The normalized spacial score (nSPS) is 15.6. The Kier molecular flexibility index (Phi) is 5.06. The first kappa shape index (κ1) is 19.9. The summed E-state index contributed by atoms with van der Waals surface area (Å²) in [7, 11) is 0. The van der Waals surface area contributed by atoms with Crippen molar-refractivity contribution in [2.24, 2.45) is 0 Å². The second-order valence-electron chi connectivity index (χ2n) is 9.57. The maximum Gasteiger partial charge on any atom is 0.138 e. The predicted octanol–water partition coefficient (Wildman–Crippen LogP) is 5.18. The van der Waals surface area contributed by atoms with E-state index in [1.165, 1.54) is 16.8 Å². The van der Waals surface area contributed by atoms with Crippen molar-refractivity contribution >= 4 is 16.7 Å². The van der Waals surface area contributed by atoms with Gasteiger partial charge in [-0.05, 0) is 34.7 Å². The molecule has 0 amide bonds. The molecule has 160 valence electrons. The molecule has 5 nitrogen and oxygen atoms in total. The highest BCUT2D eigenvalue weighted by molar-refractivity contribution is 5.91. The number of para-hydroxylation sites is 1. The van der Waals surface area contributed by atoms with Gasteiger partial charge < -0.3 is 14.9 Å². The summed E-state index contributed by atoms with van der Waals surface area (Å²) in [5.74, 6) is 0.939. The molecule has 2 aromatic heterocycles. The standard InChI is InChI=1S/C26H31N5/c1-26(2,3)21-9-7-20(8-10-21)25-28-22-5-4-6-23(24(22)29-25)31-15-13-30(14-16-31)18-19-11-12-27-17-19/h4-12,17,27H,13-16,18H2,1-3H3,(H,28,29). The van der Waals surface area contributed by atoms with Crippen molar-refractivity contribution < 1.29 is 0 Å². The van der Waals surface area contributed by atoms with Gasteiger partial charge >= 0.3 is 0 Å². The monoisotopic (exact) mass is 413 g/mol. The minimum Gasteiger partial charge on any atom is -0.367 e. The molecule has 0 bridgehead atoms. The van der Waals surface area contributed by atoms with Gasteiger partial charge in [-0.25, -0.2) is 4.98 Å². The Labute approximate surface area is 184 Å². The number of hydrogen-bond donors (Lipinski definition) is 2. The summed E-state index contributed by atoms with van der Waals surface area (Å²) in [5.41, 5.74) is 7.37. The van der Waals surface area contributed by atoms with Crippen LogP contribution in [0.15, 0.2) is 60.9 Å². The van der Waals surface area contributed by atoms with Gasteiger partial charge in [0.15, 0.2) is 0 Å². The zero-order valence-corrected chi connectivity index (χ0v) is 18.7. The highest BCUT2D eigenvalue weighted by Gasteiger charge is 2.21. The molecule has 2 aromatic carbocycles. The zero-order chi connectivity index (χ0) is 21.4. The molecule has 5 rings (SSSR count). The van der Waals surface area contributed by atoms with E-state index in [0.29, 0.717) is 0 Å². The molecule has 3 heterocycles. The fraction of sp³-hybridized carbons (Fsp3) is 0.346. The minimum absolute atomic E-state index is 0.156. The molecule has 1 aliphatic heterocycles. The molecule has 0 atom stereocenters. The number of rotatable bonds is 4. The molecule has 1 aliphatic rings. The number of nitrogens with one attached hydrogen (secondary N) is 2. The van der Waals surface area contributed by atoms with Crippen molar-refractivity contribution in [3.05, 3.63) is 72.1 Å². The van der Waals surface area contributed by atoms with Gasteiger partial charge in [-0.15, -0.1) is 0 Å². The Morgan fingerprint density at radius 2 is 1.71 bits per heavy atom. The van der Waals surface area contributed by atoms with Gasteiger partial charge in [0.05, 0.1) is 11.2 Å². The third-order valence-electron chi connectivity index (χ3n) is 6.30. The van der Waals surface area contributed by atoms with Crippen molar-refractivity contribution in [2.45, 2.75) is 32.7 Å². The lowest BCUT2D eigenvalue weighted by atomic mass is 9.87. The topological polar surface area (TPSA) is 51.0 Å². The third kappa shape index (κ3) is 4.10. The smallest absolute Gasteiger partial charge is 0.138 e. The van der Waals surface area contributed by atoms with E-state index >= 15 is 0 Å². The highest BCUT2D eigenvalue weighted by atomic mass is 15.3. The number of piperazine rings is 1. The first-order chi connectivity index (χ1) is 15.0. The van der Waals surface area contributed by atoms with Crippen LogP contribution in [0, 0.1) is 0 Å². The Hall–Kier alpha value is -3.05. The summed E-state index contributed by atoms with van der Waals surface area (Å²) < 4.78 is 0. The Morgan fingerprint density at radius 3 is 2.39 bits per heavy atom. The fourth-order valence-electron chi connectivity index (χ4n) is 4.40. The second-order valence-corrected chi connectivity index (χ2v) is 9.57. The van der Waals surface area contributed by atoms with E-state index in [9.17, 15) is 0 Å². The fourth-order valence-corrected chi connectivity index (χ4v) is 4.40. The molecular formula is C26H31N5. The highest BCUT2D eigenvalue weighted by Crippen LogP contribution is 2.30. The van der Waals surface area contributed by atoms with Crippen molar-refractivity contribution in [1.82, 2.24) is 19.9 Å². The van der Waals surface area contributed by atoms with Crippen molar-refractivity contribution in [3.8, 4) is 11.4 Å². The molecule has 2 N–H and O–H groups in total. The van der Waals surface area contributed by atoms with Crippen molar-refractivity contribution in [1.29, 1.82) is 0 Å². The Bertz CT molecular complexity index is 1140. The van der Waals surface area contributed by atoms with Gasteiger partial charge in [0.1, 0.15) is 11.3 Å². The van der Waals surface area contributed by atoms with Crippen LogP contribution in [0.4, 0.5) is 5.69 Å². The number of H-pyrrole nitrogens is 2. The number of nitrogens with zero attached hydrogens (tertiary/aromatic N) is 3. The number of benzene rings is 2. The van der Waals surface area contributed by atoms with Crippen LogP contribution in [0.2, 0.25) is 0 Å². The first-order valence-electron chi connectivity index (χ1n) is 11.2. The van der Waals surface area contributed by atoms with Gasteiger partial charge in [-0.2, -0.15) is 0 Å². The van der Waals surface area contributed by atoms with Crippen LogP contribution in [0.25, 0.3) is 22.4 Å². The maximum atomic E-state index is 5.01. The molecule has 0 saturated carbocycles. The average Bonchev–Trinajstić information content (AvgIpc) is 3.43. The van der Waals surface area contributed by atoms with E-state index in [-0.39, 0.29) is 5.41 Å². The summed E-state index contributed by atoms with van der Waals surface area (Å²) in [6, 6.07) is 17.4. The van der Waals surface area contributed by atoms with Crippen LogP contribution in [0.1, 0.15) is 31.9 Å². The summed E-state index contributed by atoms with van der Waals surface area (Å²) in [5, 5.41) is 0. The molecule has 0 aliphatic carbocycles. The van der Waals surface area contributed by atoms with Crippen LogP contribution >= 0.6 is 0 Å². The summed E-state index contributed by atoms with van der Waals surface area (Å²) in [6.07, 6.45) is 4.09. The summed E-state index contributed by atoms with van der Waals surface area (Å²) in [4.78, 5) is 16.7. The van der Waals surface area contributed by atoms with Gasteiger partial charge in [0.25, 0.3) is 0 Å². The van der Waals surface area contributed by atoms with E-state index in [2.05, 4.69) is 95.3 Å². The van der Waals surface area contributed by atoms with Gasteiger partial charge in [0, 0.05) is 50.7 Å². The summed E-state index contributed by atoms with van der Waals surface area (Å²) >= 11 is 0. The first-order valence-corrected chi connectivity index (χ1v) is 11.2. The van der Waals surface area contributed by atoms with E-state index in [4.69, 9.17) is 4.98 Å². The van der Waals surface area contributed by atoms with E-state index in [0.717, 1.165) is 55.1 Å². The minimum atomic E-state index is 0.156. The van der Waals surface area contributed by atoms with Crippen LogP contribution in [-0.2, 0) is 12.0 Å². The number of imidazole rings is 1. The van der Waals surface area contributed by atoms with Crippen LogP contribution in [0.5, 0.6) is 0 Å². The SMILES string of the molecule is CC(C)(C)c1ccc(-c2nc3c(N4CCN(Cc5cc[nH]c5)CC4)cccc3[nH]2)cc1. The van der Waals surface area contributed by atoms with Gasteiger partial charge in [0.2, 0.25) is 0 Å². The van der Waals surface area contributed by atoms with Crippen molar-refractivity contribution in [3.63, 3.8) is 0 Å². The molecule has 0 unspecified atom stereocenters. The van der Waals surface area contributed by atoms with Gasteiger partial charge in [-0.1, -0.05) is 51.1 Å². The van der Waals surface area contributed by atoms with E-state index in [1.54, 1.807) is 0 Å². The number of hydrogen-bond acceptors (Lipinski definition) is 3. The van der Waals surface area contributed by atoms with Gasteiger partial charge in [-0.3, -0.25) is 4.90 Å². The lowest BCUT2D eigenvalue weighted by molar-refractivity contribution is 0.250. The molecule has 4 aromatic rings. The second kappa shape index (κ2) is 7.89. The number of aromatic nitrogens is 3. The van der Waals surface area contributed by atoms with Crippen LogP contribution in [-0.4, -0.2) is 46.0 Å². The summed E-state index contributed by atoms with van der Waals surface area (Å²) in [6.45, 7) is 11.9. The molecule has 0 radical (unpaired) electrons. The number of aromatic amines is 2. The number of fused-ring (bicyclic) bond motifs is 1. The van der Waals surface area contributed by atoms with Crippen molar-refractivity contribution in [2.75, 3.05) is 31.1 Å². The molecule has 5 heteroatoms. The lowest BCUT2D eigenvalue weighted by Crippen LogP contribution is -2.46. The molecule has 1 saturated heterocycles. The molecule has 0 spiro atoms. The van der Waals surface area contributed by atoms with E-state index in [1.807, 2.05) is 6.20 Å². The predicted molar refractivity (Wildman–Crippen MR) is 129 cm³/mol. The third-order valence-corrected chi connectivity index (χ3v) is 6.30.